The first kappa shape index (κ1) is 32.3. The summed E-state index contributed by atoms with van der Waals surface area (Å²) in [6.45, 7) is 5.26. The Kier molecular flexibility index (Phi) is 10.9. The van der Waals surface area contributed by atoms with Gasteiger partial charge in [-0.05, 0) is 25.0 Å². The van der Waals surface area contributed by atoms with E-state index in [1.165, 1.54) is 5.69 Å². The highest BCUT2D eigenvalue weighted by molar-refractivity contribution is 5.73. The lowest BCUT2D eigenvalue weighted by atomic mass is 9.90. The molecule has 2 fully saturated rings. The average Bonchev–Trinajstić information content (AvgIpc) is 3.28. The normalized spacial score (nSPS) is 19.5. The topological polar surface area (TPSA) is 145 Å². The van der Waals surface area contributed by atoms with E-state index in [0.717, 1.165) is 58.0 Å². The van der Waals surface area contributed by atoms with Gasteiger partial charge >= 0.3 is 24.3 Å². The second kappa shape index (κ2) is 13.4. The number of piperidine rings is 1. The van der Waals surface area contributed by atoms with Gasteiger partial charge in [-0.25, -0.2) is 19.6 Å². The van der Waals surface area contributed by atoms with Crippen molar-refractivity contribution in [3.63, 3.8) is 0 Å². The van der Waals surface area contributed by atoms with Crippen molar-refractivity contribution in [2.24, 2.45) is 7.05 Å². The van der Waals surface area contributed by atoms with Crippen LogP contribution in [0.25, 0.3) is 0 Å². The van der Waals surface area contributed by atoms with E-state index >= 15 is 0 Å². The van der Waals surface area contributed by atoms with Crippen molar-refractivity contribution >= 4 is 17.8 Å². The Morgan fingerprint density at radius 3 is 2.25 bits per heavy atom. The molecule has 0 aromatic carbocycles. The van der Waals surface area contributed by atoms with Crippen molar-refractivity contribution in [1.82, 2.24) is 19.4 Å². The summed E-state index contributed by atoms with van der Waals surface area (Å²) in [5.41, 5.74) is 1.52. The van der Waals surface area contributed by atoms with E-state index < -0.39 is 24.3 Å². The summed E-state index contributed by atoms with van der Waals surface area (Å²) in [6, 6.07) is 7.76. The number of aromatic nitrogens is 3. The third-order valence-corrected chi connectivity index (χ3v) is 5.83. The zero-order valence-corrected chi connectivity index (χ0v) is 21.1. The van der Waals surface area contributed by atoms with Crippen LogP contribution in [0, 0.1) is 11.3 Å². The number of carboxylic acids is 2. The first-order valence-corrected chi connectivity index (χ1v) is 11.6. The van der Waals surface area contributed by atoms with Gasteiger partial charge in [0.1, 0.15) is 17.6 Å². The molecule has 2 aromatic heterocycles. The third-order valence-electron chi connectivity index (χ3n) is 5.83. The fourth-order valence-corrected chi connectivity index (χ4v) is 4.03. The molecule has 0 radical (unpaired) electrons. The number of hydrogen-bond acceptors (Lipinski definition) is 8. The van der Waals surface area contributed by atoms with Crippen LogP contribution in [-0.4, -0.2) is 92.3 Å². The van der Waals surface area contributed by atoms with Crippen molar-refractivity contribution in [1.29, 1.82) is 5.26 Å². The number of anilines is 1. The molecular formula is C23H26F6N6O5. The molecule has 0 aliphatic carbocycles. The highest BCUT2D eigenvalue weighted by Gasteiger charge is 2.41. The molecule has 2 aliphatic rings. The van der Waals surface area contributed by atoms with Gasteiger partial charge in [-0.2, -0.15) is 31.6 Å². The standard InChI is InChI=1S/C19H24N6O.2C2HF3O2/c1-23-15-21-11-17(23)12-24-8-9-26-19(13-24)6-3-7-25(14-19)18-5-2-4-16(10-20)22-18;2*3-2(4,5)1(6)7/h2,4-5,11,15H,3,6-9,12-14H2,1H3;2*(H,6,7). The number of alkyl halides is 6. The monoisotopic (exact) mass is 580 g/mol. The van der Waals surface area contributed by atoms with Gasteiger partial charge < -0.3 is 24.4 Å². The van der Waals surface area contributed by atoms with E-state index in [2.05, 4.69) is 30.4 Å². The number of pyridine rings is 1. The summed E-state index contributed by atoms with van der Waals surface area (Å²) in [5, 5.41) is 23.4. The number of nitriles is 1. The number of ether oxygens (including phenoxy) is 1. The minimum atomic E-state index is -5.08. The van der Waals surface area contributed by atoms with Gasteiger partial charge in [-0.15, -0.1) is 0 Å². The van der Waals surface area contributed by atoms with Crippen molar-refractivity contribution in [2.75, 3.05) is 37.7 Å². The fraction of sp³-hybridized carbons (Fsp3) is 0.522. The van der Waals surface area contributed by atoms with Crippen molar-refractivity contribution < 1.29 is 50.9 Å². The van der Waals surface area contributed by atoms with Crippen LogP contribution in [-0.2, 0) is 27.9 Å². The molecule has 40 heavy (non-hydrogen) atoms. The number of halogens is 6. The molecule has 0 saturated carbocycles. The van der Waals surface area contributed by atoms with Crippen LogP contribution >= 0.6 is 0 Å². The number of nitrogens with zero attached hydrogens (tertiary/aromatic N) is 6. The molecule has 4 heterocycles. The summed E-state index contributed by atoms with van der Waals surface area (Å²) in [7, 11) is 2.04. The Morgan fingerprint density at radius 1 is 1.10 bits per heavy atom. The summed E-state index contributed by atoms with van der Waals surface area (Å²) in [4.78, 5) is 31.2. The number of imidazole rings is 1. The summed E-state index contributed by atoms with van der Waals surface area (Å²) >= 11 is 0. The zero-order chi connectivity index (χ0) is 30.1. The van der Waals surface area contributed by atoms with Crippen LogP contribution < -0.4 is 4.90 Å². The first-order chi connectivity index (χ1) is 18.6. The largest absolute Gasteiger partial charge is 0.490 e. The van der Waals surface area contributed by atoms with Crippen LogP contribution in [0.1, 0.15) is 24.2 Å². The Morgan fingerprint density at radius 2 is 1.73 bits per heavy atom. The Hall–Kier alpha value is -3.91. The number of aliphatic carboxylic acids is 2. The number of rotatable bonds is 3. The molecule has 0 bridgehead atoms. The van der Waals surface area contributed by atoms with Gasteiger partial charge in [0.15, 0.2) is 0 Å². The average molecular weight is 580 g/mol. The molecule has 2 saturated heterocycles. The van der Waals surface area contributed by atoms with Crippen LogP contribution in [0.3, 0.4) is 0 Å². The summed E-state index contributed by atoms with van der Waals surface area (Å²) < 4.78 is 71.8. The van der Waals surface area contributed by atoms with Gasteiger partial charge in [-0.3, -0.25) is 4.90 Å². The Balaban J connectivity index is 0.000000333. The highest BCUT2D eigenvalue weighted by atomic mass is 19.4. The molecule has 11 nitrogen and oxygen atoms in total. The summed E-state index contributed by atoms with van der Waals surface area (Å²) in [5.74, 6) is -4.64. The SMILES string of the molecule is Cn1cncc1CN1CCOC2(CCCN(c3cccc(C#N)n3)C2)C1.O=C(O)C(F)(F)F.O=C(O)C(F)(F)F. The van der Waals surface area contributed by atoms with E-state index in [-0.39, 0.29) is 5.60 Å². The maximum atomic E-state index is 10.6. The fourth-order valence-electron chi connectivity index (χ4n) is 4.03. The van der Waals surface area contributed by atoms with E-state index in [4.69, 9.17) is 29.8 Å². The number of carbonyl (C=O) groups is 2. The highest BCUT2D eigenvalue weighted by Crippen LogP contribution is 2.31. The van der Waals surface area contributed by atoms with Crippen LogP contribution in [0.4, 0.5) is 32.2 Å². The van der Waals surface area contributed by atoms with E-state index in [0.29, 0.717) is 5.69 Å². The summed E-state index contributed by atoms with van der Waals surface area (Å²) in [6.07, 6.45) is -4.25. The smallest absolute Gasteiger partial charge is 0.475 e. The molecule has 0 amide bonds. The first-order valence-electron chi connectivity index (χ1n) is 11.6. The molecule has 4 rings (SSSR count). The lowest BCUT2D eigenvalue weighted by Crippen LogP contribution is -2.59. The van der Waals surface area contributed by atoms with E-state index in [1.54, 1.807) is 6.07 Å². The number of aryl methyl sites for hydroxylation is 1. The molecule has 220 valence electrons. The predicted octanol–water partition coefficient (Wildman–Crippen LogP) is 2.82. The maximum absolute atomic E-state index is 10.6. The molecule has 2 aliphatic heterocycles. The Labute approximate surface area is 224 Å². The van der Waals surface area contributed by atoms with Gasteiger partial charge in [0, 0.05) is 46.0 Å². The van der Waals surface area contributed by atoms with Crippen molar-refractivity contribution in [3.05, 3.63) is 42.1 Å². The lowest BCUT2D eigenvalue weighted by Gasteiger charge is -2.48. The van der Waals surface area contributed by atoms with Gasteiger partial charge in [0.05, 0.1) is 24.2 Å². The quantitative estimate of drug-likeness (QED) is 0.520. The molecule has 2 aromatic rings. The van der Waals surface area contributed by atoms with Crippen LogP contribution in [0.5, 0.6) is 0 Å². The molecule has 2 N–H and O–H groups in total. The third kappa shape index (κ3) is 9.68. The van der Waals surface area contributed by atoms with Crippen LogP contribution in [0.15, 0.2) is 30.7 Å². The second-order valence-corrected chi connectivity index (χ2v) is 8.86. The molecule has 1 spiro atoms. The number of carboxylic acid groups (broad SMARTS) is 2. The predicted molar refractivity (Wildman–Crippen MR) is 125 cm³/mol. The minimum absolute atomic E-state index is 0.167. The lowest BCUT2D eigenvalue weighted by molar-refractivity contribution is -0.193. The second-order valence-electron chi connectivity index (χ2n) is 8.86. The molecular weight excluding hydrogens is 554 g/mol. The Bertz CT molecular complexity index is 1170. The van der Waals surface area contributed by atoms with Gasteiger partial charge in [0.2, 0.25) is 0 Å². The maximum Gasteiger partial charge on any atom is 0.490 e. The zero-order valence-electron chi connectivity index (χ0n) is 21.1. The number of morpholine rings is 1. The van der Waals surface area contributed by atoms with Crippen LogP contribution in [0.2, 0.25) is 0 Å². The number of hydrogen-bond donors (Lipinski definition) is 2. The van der Waals surface area contributed by atoms with E-state index in [9.17, 15) is 26.3 Å². The minimum Gasteiger partial charge on any atom is -0.475 e. The van der Waals surface area contributed by atoms with E-state index in [1.807, 2.05) is 31.7 Å². The van der Waals surface area contributed by atoms with Crippen molar-refractivity contribution in [2.45, 2.75) is 37.3 Å². The van der Waals surface area contributed by atoms with Gasteiger partial charge in [0.25, 0.3) is 0 Å². The van der Waals surface area contributed by atoms with Crippen molar-refractivity contribution in [3.8, 4) is 6.07 Å². The van der Waals surface area contributed by atoms with Gasteiger partial charge in [-0.1, -0.05) is 6.07 Å². The molecule has 1 unspecified atom stereocenters. The molecule has 17 heteroatoms. The molecule has 1 atom stereocenters.